The lowest BCUT2D eigenvalue weighted by Gasteiger charge is -2.09. The molecule has 1 amide bonds. The molecule has 0 saturated heterocycles. The summed E-state index contributed by atoms with van der Waals surface area (Å²) in [5.74, 6) is -0.852. The highest BCUT2D eigenvalue weighted by Gasteiger charge is 2.12. The number of hydrogen-bond acceptors (Lipinski definition) is 3. The van der Waals surface area contributed by atoms with Crippen LogP contribution in [0.25, 0.3) is 0 Å². The summed E-state index contributed by atoms with van der Waals surface area (Å²) in [6.45, 7) is 3.17. The first-order chi connectivity index (χ1) is 5.85. The van der Waals surface area contributed by atoms with Crippen LogP contribution in [-0.4, -0.2) is 30.7 Å². The van der Waals surface area contributed by atoms with Crippen LogP contribution in [0.4, 0.5) is 0 Å². The number of amides is 1. The van der Waals surface area contributed by atoms with Crippen molar-refractivity contribution in [2.75, 3.05) is 5.75 Å². The molecule has 0 saturated carbocycles. The monoisotopic (exact) mass is 207 g/mol. The Morgan fingerprint density at radius 3 is 2.54 bits per heavy atom. The lowest BCUT2D eigenvalue weighted by Crippen LogP contribution is -2.36. The van der Waals surface area contributed by atoms with Gasteiger partial charge in [-0.2, -0.15) is 8.42 Å². The van der Waals surface area contributed by atoms with Gasteiger partial charge in [0.25, 0.3) is 10.1 Å². The summed E-state index contributed by atoms with van der Waals surface area (Å²) in [6.07, 6.45) is 2.82. The van der Waals surface area contributed by atoms with E-state index in [-0.39, 0.29) is 5.91 Å². The zero-order valence-corrected chi connectivity index (χ0v) is 8.34. The molecule has 0 aliphatic heterocycles. The maximum absolute atomic E-state index is 10.9. The van der Waals surface area contributed by atoms with Crippen LogP contribution in [0.5, 0.6) is 0 Å². The van der Waals surface area contributed by atoms with Gasteiger partial charge in [0.05, 0.1) is 5.75 Å². The molecule has 0 radical (unpaired) electrons. The smallest absolute Gasteiger partial charge is 0.266 e. The lowest BCUT2D eigenvalue weighted by molar-refractivity contribution is -0.116. The van der Waals surface area contributed by atoms with Crippen LogP contribution in [0, 0.1) is 0 Å². The average Bonchev–Trinajstić information content (AvgIpc) is 1.81. The van der Waals surface area contributed by atoms with E-state index in [2.05, 4.69) is 5.32 Å². The SMILES string of the molecule is C/C=C/C(=O)NC(C)CS(=O)(=O)O. The quantitative estimate of drug-likeness (QED) is 0.500. The molecule has 2 N–H and O–H groups in total. The van der Waals surface area contributed by atoms with Gasteiger partial charge in [-0.05, 0) is 19.9 Å². The van der Waals surface area contributed by atoms with E-state index in [1.807, 2.05) is 0 Å². The Morgan fingerprint density at radius 1 is 1.62 bits per heavy atom. The number of allylic oxidation sites excluding steroid dienone is 1. The Morgan fingerprint density at radius 2 is 2.15 bits per heavy atom. The summed E-state index contributed by atoms with van der Waals surface area (Å²) < 4.78 is 29.2. The van der Waals surface area contributed by atoms with Crippen molar-refractivity contribution in [1.29, 1.82) is 0 Å². The molecule has 0 aliphatic carbocycles. The minimum Gasteiger partial charge on any atom is -0.349 e. The van der Waals surface area contributed by atoms with Crippen molar-refractivity contribution in [3.63, 3.8) is 0 Å². The van der Waals surface area contributed by atoms with E-state index in [9.17, 15) is 13.2 Å². The summed E-state index contributed by atoms with van der Waals surface area (Å²) in [5.41, 5.74) is 0. The van der Waals surface area contributed by atoms with E-state index >= 15 is 0 Å². The van der Waals surface area contributed by atoms with Crippen LogP contribution >= 0.6 is 0 Å². The highest BCUT2D eigenvalue weighted by Crippen LogP contribution is 1.89. The first kappa shape index (κ1) is 12.1. The van der Waals surface area contributed by atoms with Gasteiger partial charge in [0.1, 0.15) is 0 Å². The van der Waals surface area contributed by atoms with Crippen LogP contribution < -0.4 is 5.32 Å². The predicted molar refractivity (Wildman–Crippen MR) is 48.8 cm³/mol. The molecule has 0 aromatic heterocycles. The number of nitrogens with one attached hydrogen (secondary N) is 1. The summed E-state index contributed by atoms with van der Waals surface area (Å²) in [5, 5.41) is 2.37. The van der Waals surface area contributed by atoms with Gasteiger partial charge in [-0.1, -0.05) is 6.08 Å². The topological polar surface area (TPSA) is 83.5 Å². The molecular weight excluding hydrogens is 194 g/mol. The molecule has 0 aliphatic rings. The van der Waals surface area contributed by atoms with Crippen LogP contribution in [0.1, 0.15) is 13.8 Å². The van der Waals surface area contributed by atoms with E-state index in [1.165, 1.54) is 19.1 Å². The third-order valence-electron chi connectivity index (χ3n) is 1.17. The normalized spacial score (nSPS) is 14.4. The van der Waals surface area contributed by atoms with E-state index in [0.29, 0.717) is 0 Å². The minimum atomic E-state index is -4.02. The maximum Gasteiger partial charge on any atom is 0.266 e. The predicted octanol–water partition coefficient (Wildman–Crippen LogP) is -0.0450. The van der Waals surface area contributed by atoms with Crippen molar-refractivity contribution in [2.24, 2.45) is 0 Å². The molecule has 1 atom stereocenters. The van der Waals surface area contributed by atoms with Gasteiger partial charge in [-0.15, -0.1) is 0 Å². The number of hydrogen-bond donors (Lipinski definition) is 2. The minimum absolute atomic E-state index is 0.376. The molecule has 0 aromatic carbocycles. The molecule has 76 valence electrons. The van der Waals surface area contributed by atoms with Crippen molar-refractivity contribution in [3.8, 4) is 0 Å². The van der Waals surface area contributed by atoms with Gasteiger partial charge in [-0.25, -0.2) is 0 Å². The highest BCUT2D eigenvalue weighted by molar-refractivity contribution is 7.85. The molecule has 1 unspecified atom stereocenters. The Hall–Kier alpha value is -0.880. The number of carbonyl (C=O) groups excluding carboxylic acids is 1. The van der Waals surface area contributed by atoms with Crippen LogP contribution in [-0.2, 0) is 14.9 Å². The molecule has 0 spiro atoms. The highest BCUT2D eigenvalue weighted by atomic mass is 32.2. The van der Waals surface area contributed by atoms with E-state index in [4.69, 9.17) is 4.55 Å². The van der Waals surface area contributed by atoms with Gasteiger partial charge in [0.2, 0.25) is 5.91 Å². The Labute approximate surface area is 77.6 Å². The lowest BCUT2D eigenvalue weighted by atomic mass is 10.4. The summed E-state index contributed by atoms with van der Waals surface area (Å²) in [4.78, 5) is 10.9. The van der Waals surface area contributed by atoms with Gasteiger partial charge in [0, 0.05) is 6.04 Å². The molecule has 5 nitrogen and oxygen atoms in total. The maximum atomic E-state index is 10.9. The van der Waals surface area contributed by atoms with Crippen molar-refractivity contribution in [2.45, 2.75) is 19.9 Å². The van der Waals surface area contributed by atoms with E-state index < -0.39 is 21.9 Å². The van der Waals surface area contributed by atoms with Crippen molar-refractivity contribution in [3.05, 3.63) is 12.2 Å². The Balaban J connectivity index is 4.02. The molecule has 6 heteroatoms. The van der Waals surface area contributed by atoms with Gasteiger partial charge in [0.15, 0.2) is 0 Å². The zero-order valence-electron chi connectivity index (χ0n) is 7.52. The molecule has 0 bridgehead atoms. The molecule has 13 heavy (non-hydrogen) atoms. The summed E-state index contributed by atoms with van der Waals surface area (Å²) >= 11 is 0. The van der Waals surface area contributed by atoms with Gasteiger partial charge >= 0.3 is 0 Å². The van der Waals surface area contributed by atoms with Crippen molar-refractivity contribution < 1.29 is 17.8 Å². The fourth-order valence-corrected chi connectivity index (χ4v) is 1.52. The zero-order chi connectivity index (χ0) is 10.5. The van der Waals surface area contributed by atoms with Gasteiger partial charge < -0.3 is 5.32 Å². The third kappa shape index (κ3) is 7.48. The standard InChI is InChI=1S/C7H13NO4S/c1-3-4-7(9)8-6(2)5-13(10,11)12/h3-4,6H,5H2,1-2H3,(H,8,9)(H,10,11,12)/b4-3+. The second kappa shape index (κ2) is 4.98. The molecular formula is C7H13NO4S. The molecule has 0 fully saturated rings. The van der Waals surface area contributed by atoms with Crippen LogP contribution in [0.15, 0.2) is 12.2 Å². The van der Waals surface area contributed by atoms with Crippen molar-refractivity contribution >= 4 is 16.0 Å². The first-order valence-electron chi connectivity index (χ1n) is 3.73. The number of rotatable bonds is 4. The van der Waals surface area contributed by atoms with Crippen molar-refractivity contribution in [1.82, 2.24) is 5.32 Å². The van der Waals surface area contributed by atoms with E-state index in [1.54, 1.807) is 6.92 Å². The summed E-state index contributed by atoms with van der Waals surface area (Å²) in [7, 11) is -4.02. The molecule has 0 aromatic rings. The number of carbonyl (C=O) groups is 1. The second-order valence-corrected chi connectivity index (χ2v) is 4.16. The second-order valence-electron chi connectivity index (χ2n) is 2.66. The summed E-state index contributed by atoms with van der Waals surface area (Å²) in [6, 6.07) is -0.598. The Bertz CT molecular complexity index is 294. The third-order valence-corrected chi connectivity index (χ3v) is 2.09. The Kier molecular flexibility index (Phi) is 4.64. The fraction of sp³-hybridized carbons (Fsp3) is 0.571. The fourth-order valence-electron chi connectivity index (χ4n) is 0.800. The van der Waals surface area contributed by atoms with Crippen LogP contribution in [0.2, 0.25) is 0 Å². The molecule has 0 heterocycles. The average molecular weight is 207 g/mol. The van der Waals surface area contributed by atoms with E-state index in [0.717, 1.165) is 0 Å². The first-order valence-corrected chi connectivity index (χ1v) is 5.34. The molecule has 0 rings (SSSR count). The van der Waals surface area contributed by atoms with Crippen LogP contribution in [0.3, 0.4) is 0 Å². The largest absolute Gasteiger partial charge is 0.349 e. The van der Waals surface area contributed by atoms with Gasteiger partial charge in [-0.3, -0.25) is 9.35 Å².